The van der Waals surface area contributed by atoms with E-state index in [2.05, 4.69) is 61.6 Å². The van der Waals surface area contributed by atoms with Crippen molar-refractivity contribution in [2.24, 2.45) is 0 Å². The quantitative estimate of drug-likeness (QED) is 0.694. The smallest absolute Gasteiger partial charge is 0.0832 e. The van der Waals surface area contributed by atoms with Crippen LogP contribution >= 0.6 is 23.5 Å². The summed E-state index contributed by atoms with van der Waals surface area (Å²) >= 11 is 4.13. The molecule has 2 rings (SSSR count). The zero-order valence-corrected chi connectivity index (χ0v) is 9.67. The predicted molar refractivity (Wildman–Crippen MR) is 63.4 cm³/mol. The zero-order chi connectivity index (χ0) is 9.31. The summed E-state index contributed by atoms with van der Waals surface area (Å²) in [6.45, 7) is 4.47. The lowest BCUT2D eigenvalue weighted by Crippen LogP contribution is -2.07. The molecule has 2 heteroatoms. The maximum Gasteiger partial charge on any atom is 0.0832 e. The molecular formula is C11H14S2. The highest BCUT2D eigenvalue weighted by atomic mass is 32.2. The highest BCUT2D eigenvalue weighted by molar-refractivity contribution is 8.20. The van der Waals surface area contributed by atoms with E-state index in [9.17, 15) is 0 Å². The minimum atomic E-state index is 0.313. The third-order valence-electron chi connectivity index (χ3n) is 2.41. The Hall–Kier alpha value is -0.0800. The molecule has 0 saturated carbocycles. The van der Waals surface area contributed by atoms with Crippen LogP contribution in [0.25, 0.3) is 0 Å². The molecule has 70 valence electrons. The van der Waals surface area contributed by atoms with Gasteiger partial charge in [-0.05, 0) is 19.4 Å². The Morgan fingerprint density at radius 3 is 2.15 bits per heavy atom. The summed E-state index contributed by atoms with van der Waals surface area (Å²) in [6, 6.07) is 8.95. The summed E-state index contributed by atoms with van der Waals surface area (Å²) in [5.41, 5.74) is 2.81. The van der Waals surface area contributed by atoms with Gasteiger partial charge in [0.1, 0.15) is 0 Å². The number of benzene rings is 1. The molecule has 1 saturated heterocycles. The summed E-state index contributed by atoms with van der Waals surface area (Å²) in [4.78, 5) is 0. The second-order valence-electron chi connectivity index (χ2n) is 3.51. The van der Waals surface area contributed by atoms with Crippen LogP contribution in [0.15, 0.2) is 24.3 Å². The van der Waals surface area contributed by atoms with E-state index < -0.39 is 0 Å². The van der Waals surface area contributed by atoms with Crippen LogP contribution in [0.3, 0.4) is 0 Å². The predicted octanol–water partition coefficient (Wildman–Crippen LogP) is 3.65. The van der Waals surface area contributed by atoms with E-state index in [1.54, 1.807) is 0 Å². The third kappa shape index (κ3) is 1.89. The first-order valence-electron chi connectivity index (χ1n) is 4.56. The van der Waals surface area contributed by atoms with Gasteiger partial charge in [-0.25, -0.2) is 0 Å². The molecule has 1 aliphatic rings. The SMILES string of the molecule is Cc1ccc(C2(C)SCCS2)cc1. The van der Waals surface area contributed by atoms with Crippen molar-refractivity contribution in [3.8, 4) is 0 Å². The molecule has 1 aromatic carbocycles. The molecule has 1 fully saturated rings. The molecule has 0 unspecified atom stereocenters. The van der Waals surface area contributed by atoms with E-state index in [1.807, 2.05) is 0 Å². The van der Waals surface area contributed by atoms with Crippen LogP contribution < -0.4 is 0 Å². The summed E-state index contributed by atoms with van der Waals surface area (Å²) in [7, 11) is 0. The average Bonchev–Trinajstić information content (AvgIpc) is 2.54. The Bertz CT molecular complexity index is 283. The summed E-state index contributed by atoms with van der Waals surface area (Å²) in [6.07, 6.45) is 0. The first-order valence-corrected chi connectivity index (χ1v) is 6.53. The van der Waals surface area contributed by atoms with Gasteiger partial charge in [0, 0.05) is 11.5 Å². The minimum absolute atomic E-state index is 0.313. The number of rotatable bonds is 1. The van der Waals surface area contributed by atoms with Crippen molar-refractivity contribution >= 4 is 23.5 Å². The van der Waals surface area contributed by atoms with E-state index in [0.717, 1.165) is 0 Å². The van der Waals surface area contributed by atoms with Gasteiger partial charge in [0.15, 0.2) is 0 Å². The molecule has 1 aliphatic heterocycles. The van der Waals surface area contributed by atoms with Crippen LogP contribution in [-0.4, -0.2) is 11.5 Å². The maximum atomic E-state index is 2.33. The Morgan fingerprint density at radius 1 is 1.08 bits per heavy atom. The van der Waals surface area contributed by atoms with Crippen LogP contribution in [0.1, 0.15) is 18.1 Å². The van der Waals surface area contributed by atoms with Gasteiger partial charge in [0.2, 0.25) is 0 Å². The number of hydrogen-bond acceptors (Lipinski definition) is 2. The Morgan fingerprint density at radius 2 is 1.62 bits per heavy atom. The van der Waals surface area contributed by atoms with Crippen LogP contribution in [0, 0.1) is 6.92 Å². The largest absolute Gasteiger partial charge is 0.139 e. The third-order valence-corrected chi connectivity index (χ3v) is 5.77. The van der Waals surface area contributed by atoms with Gasteiger partial charge in [-0.3, -0.25) is 0 Å². The molecule has 0 nitrogen and oxygen atoms in total. The van der Waals surface area contributed by atoms with Gasteiger partial charge >= 0.3 is 0 Å². The molecule has 13 heavy (non-hydrogen) atoms. The summed E-state index contributed by atoms with van der Waals surface area (Å²) < 4.78 is 0.313. The zero-order valence-electron chi connectivity index (χ0n) is 8.04. The van der Waals surface area contributed by atoms with Crippen molar-refractivity contribution in [1.29, 1.82) is 0 Å². The molecular weight excluding hydrogens is 196 g/mol. The summed E-state index contributed by atoms with van der Waals surface area (Å²) in [5, 5.41) is 0. The second kappa shape index (κ2) is 3.58. The monoisotopic (exact) mass is 210 g/mol. The number of hydrogen-bond donors (Lipinski definition) is 0. The molecule has 1 aromatic rings. The molecule has 0 atom stereocenters. The van der Waals surface area contributed by atoms with Crippen molar-refractivity contribution in [3.05, 3.63) is 35.4 Å². The molecule has 0 amide bonds. The molecule has 0 aliphatic carbocycles. The molecule has 0 N–H and O–H groups in total. The topological polar surface area (TPSA) is 0 Å². The van der Waals surface area contributed by atoms with Crippen molar-refractivity contribution in [3.63, 3.8) is 0 Å². The van der Waals surface area contributed by atoms with E-state index >= 15 is 0 Å². The normalized spacial score (nSPS) is 20.5. The van der Waals surface area contributed by atoms with E-state index in [0.29, 0.717) is 4.08 Å². The molecule has 0 radical (unpaired) electrons. The lowest BCUT2D eigenvalue weighted by Gasteiger charge is -2.22. The number of aryl methyl sites for hydroxylation is 1. The van der Waals surface area contributed by atoms with Gasteiger partial charge in [-0.1, -0.05) is 29.8 Å². The highest BCUT2D eigenvalue weighted by Gasteiger charge is 2.31. The lowest BCUT2D eigenvalue weighted by molar-refractivity contribution is 1.02. The van der Waals surface area contributed by atoms with E-state index in [1.165, 1.54) is 22.6 Å². The standard InChI is InChI=1S/C11H14S2/c1-9-3-5-10(6-4-9)11(2)12-7-8-13-11/h3-6H,7-8H2,1-2H3. The second-order valence-corrected chi connectivity index (χ2v) is 6.79. The van der Waals surface area contributed by atoms with Crippen LogP contribution in [0.2, 0.25) is 0 Å². The first kappa shape index (κ1) is 9.47. The molecule has 1 heterocycles. The van der Waals surface area contributed by atoms with Gasteiger partial charge in [-0.15, -0.1) is 23.5 Å². The first-order chi connectivity index (χ1) is 6.21. The molecule has 0 spiro atoms. The fraction of sp³-hybridized carbons (Fsp3) is 0.455. The van der Waals surface area contributed by atoms with Gasteiger partial charge in [0.05, 0.1) is 4.08 Å². The van der Waals surface area contributed by atoms with Crippen molar-refractivity contribution < 1.29 is 0 Å². The summed E-state index contributed by atoms with van der Waals surface area (Å²) in [5.74, 6) is 2.57. The van der Waals surface area contributed by atoms with Crippen molar-refractivity contribution in [1.82, 2.24) is 0 Å². The number of thioether (sulfide) groups is 2. The highest BCUT2D eigenvalue weighted by Crippen LogP contribution is 2.51. The Labute approximate surface area is 88.5 Å². The lowest BCUT2D eigenvalue weighted by atomic mass is 10.1. The minimum Gasteiger partial charge on any atom is -0.139 e. The van der Waals surface area contributed by atoms with Crippen molar-refractivity contribution in [2.45, 2.75) is 17.9 Å². The fourth-order valence-electron chi connectivity index (χ4n) is 1.54. The van der Waals surface area contributed by atoms with E-state index in [4.69, 9.17) is 0 Å². The maximum absolute atomic E-state index is 2.33. The van der Waals surface area contributed by atoms with Gasteiger partial charge < -0.3 is 0 Å². The van der Waals surface area contributed by atoms with Crippen LogP contribution in [0.4, 0.5) is 0 Å². The Kier molecular flexibility index (Phi) is 2.61. The molecule has 0 bridgehead atoms. The van der Waals surface area contributed by atoms with Crippen LogP contribution in [-0.2, 0) is 4.08 Å². The van der Waals surface area contributed by atoms with Gasteiger partial charge in [-0.2, -0.15) is 0 Å². The molecule has 0 aromatic heterocycles. The van der Waals surface area contributed by atoms with E-state index in [-0.39, 0.29) is 0 Å². The van der Waals surface area contributed by atoms with Gasteiger partial charge in [0.25, 0.3) is 0 Å². The fourth-order valence-corrected chi connectivity index (χ4v) is 4.42. The average molecular weight is 210 g/mol. The Balaban J connectivity index is 2.29. The van der Waals surface area contributed by atoms with Crippen molar-refractivity contribution in [2.75, 3.05) is 11.5 Å². The van der Waals surface area contributed by atoms with Crippen LogP contribution in [0.5, 0.6) is 0 Å².